The lowest BCUT2D eigenvalue weighted by atomic mass is 10.3. The van der Waals surface area contributed by atoms with Crippen molar-refractivity contribution in [2.75, 3.05) is 28.0 Å². The Morgan fingerprint density at radius 3 is 2.34 bits per heavy atom. The molecule has 0 spiro atoms. The highest BCUT2D eigenvalue weighted by atomic mass is 32.2. The molecule has 0 aliphatic carbocycles. The first kappa shape index (κ1) is 23.0. The monoisotopic (exact) mass is 495 g/mol. The molecule has 2 N–H and O–H groups in total. The number of aryl methyl sites for hydroxylation is 1. The summed E-state index contributed by atoms with van der Waals surface area (Å²) in [7, 11) is -3.82. The van der Waals surface area contributed by atoms with Crippen molar-refractivity contribution in [1.29, 1.82) is 0 Å². The SMILES string of the molecule is CCCn1ncc2c(Nc3ccc(S(=O)(=O)Nc4ccc(F)cc4)cc3)nc(N3CCCC3)nc21. The molecular weight excluding hydrogens is 469 g/mol. The summed E-state index contributed by atoms with van der Waals surface area (Å²) in [6.45, 7) is 4.68. The molecule has 0 atom stereocenters. The van der Waals surface area contributed by atoms with Crippen LogP contribution in [0.2, 0.25) is 0 Å². The molecule has 5 rings (SSSR count). The maximum Gasteiger partial charge on any atom is 0.261 e. The van der Waals surface area contributed by atoms with E-state index in [1.54, 1.807) is 18.3 Å². The maximum atomic E-state index is 13.1. The fraction of sp³-hybridized carbons (Fsp3) is 0.292. The Morgan fingerprint density at radius 1 is 0.971 bits per heavy atom. The second-order valence-corrected chi connectivity index (χ2v) is 10.1. The molecule has 0 unspecified atom stereocenters. The van der Waals surface area contributed by atoms with Gasteiger partial charge in [-0.1, -0.05) is 6.92 Å². The molecule has 35 heavy (non-hydrogen) atoms. The highest BCUT2D eigenvalue weighted by molar-refractivity contribution is 7.92. The minimum Gasteiger partial charge on any atom is -0.341 e. The number of hydrogen-bond donors (Lipinski definition) is 2. The van der Waals surface area contributed by atoms with Gasteiger partial charge in [-0.05, 0) is 67.8 Å². The molecule has 1 aliphatic heterocycles. The van der Waals surface area contributed by atoms with Crippen molar-refractivity contribution in [2.45, 2.75) is 37.6 Å². The van der Waals surface area contributed by atoms with E-state index in [-0.39, 0.29) is 10.6 Å². The normalized spacial score (nSPS) is 13.9. The van der Waals surface area contributed by atoms with Gasteiger partial charge in [-0.15, -0.1) is 0 Å². The highest BCUT2D eigenvalue weighted by Gasteiger charge is 2.20. The van der Waals surface area contributed by atoms with Gasteiger partial charge in [0.05, 0.1) is 16.5 Å². The van der Waals surface area contributed by atoms with Crippen LogP contribution in [-0.2, 0) is 16.6 Å². The van der Waals surface area contributed by atoms with Crippen molar-refractivity contribution in [3.63, 3.8) is 0 Å². The fourth-order valence-electron chi connectivity index (χ4n) is 4.06. The van der Waals surface area contributed by atoms with E-state index in [2.05, 4.69) is 27.0 Å². The van der Waals surface area contributed by atoms with Crippen LogP contribution in [0.25, 0.3) is 11.0 Å². The molecule has 2 aromatic heterocycles. The predicted octanol–water partition coefficient (Wildman–Crippen LogP) is 4.52. The third kappa shape index (κ3) is 4.90. The molecule has 0 amide bonds. The molecule has 0 saturated carbocycles. The van der Waals surface area contributed by atoms with E-state index in [9.17, 15) is 12.8 Å². The summed E-state index contributed by atoms with van der Waals surface area (Å²) in [5.41, 5.74) is 1.74. The summed E-state index contributed by atoms with van der Waals surface area (Å²) in [6, 6.07) is 11.5. The summed E-state index contributed by atoms with van der Waals surface area (Å²) in [5.74, 6) is 0.854. The highest BCUT2D eigenvalue weighted by Crippen LogP contribution is 2.28. The zero-order valence-electron chi connectivity index (χ0n) is 19.3. The molecule has 182 valence electrons. The van der Waals surface area contributed by atoms with Gasteiger partial charge in [0.25, 0.3) is 10.0 Å². The lowest BCUT2D eigenvalue weighted by Gasteiger charge is -2.17. The van der Waals surface area contributed by atoms with Crippen molar-refractivity contribution in [2.24, 2.45) is 0 Å². The number of halogens is 1. The zero-order valence-corrected chi connectivity index (χ0v) is 20.1. The molecule has 1 saturated heterocycles. The van der Waals surface area contributed by atoms with Crippen LogP contribution in [0.5, 0.6) is 0 Å². The van der Waals surface area contributed by atoms with Gasteiger partial charge in [-0.25, -0.2) is 17.5 Å². The third-order valence-corrected chi connectivity index (χ3v) is 7.23. The van der Waals surface area contributed by atoms with E-state index in [0.717, 1.165) is 49.9 Å². The quantitative estimate of drug-likeness (QED) is 0.370. The van der Waals surface area contributed by atoms with Crippen LogP contribution in [0.4, 0.5) is 27.5 Å². The minimum absolute atomic E-state index is 0.0914. The van der Waals surface area contributed by atoms with Crippen LogP contribution in [0.3, 0.4) is 0 Å². The largest absolute Gasteiger partial charge is 0.341 e. The maximum absolute atomic E-state index is 13.1. The van der Waals surface area contributed by atoms with Gasteiger partial charge in [-0.3, -0.25) is 4.72 Å². The van der Waals surface area contributed by atoms with Crippen LogP contribution >= 0.6 is 0 Å². The van der Waals surface area contributed by atoms with Gasteiger partial charge in [0.1, 0.15) is 11.6 Å². The first-order valence-electron chi connectivity index (χ1n) is 11.6. The van der Waals surface area contributed by atoms with Crippen LogP contribution in [0, 0.1) is 5.82 Å². The van der Waals surface area contributed by atoms with Crippen LogP contribution < -0.4 is 14.9 Å². The molecular formula is C24H26FN7O2S. The Hall–Kier alpha value is -3.73. The Balaban J connectivity index is 1.42. The van der Waals surface area contributed by atoms with Gasteiger partial charge in [0.15, 0.2) is 5.65 Å². The Kier molecular flexibility index (Phi) is 6.25. The molecule has 2 aromatic carbocycles. The number of anilines is 4. The average Bonchev–Trinajstić information content (AvgIpc) is 3.52. The lowest BCUT2D eigenvalue weighted by Crippen LogP contribution is -2.21. The first-order valence-corrected chi connectivity index (χ1v) is 13.1. The summed E-state index contributed by atoms with van der Waals surface area (Å²) in [4.78, 5) is 11.8. The predicted molar refractivity (Wildman–Crippen MR) is 134 cm³/mol. The second kappa shape index (κ2) is 9.49. The van der Waals surface area contributed by atoms with E-state index in [0.29, 0.717) is 17.5 Å². The van der Waals surface area contributed by atoms with E-state index in [4.69, 9.17) is 9.97 Å². The summed E-state index contributed by atoms with van der Waals surface area (Å²) in [5, 5.41) is 8.61. The lowest BCUT2D eigenvalue weighted by molar-refractivity contribution is 0.601. The molecule has 0 bridgehead atoms. The second-order valence-electron chi connectivity index (χ2n) is 8.43. The Labute approximate surface area is 203 Å². The van der Waals surface area contributed by atoms with Crippen molar-refractivity contribution < 1.29 is 12.8 Å². The van der Waals surface area contributed by atoms with Crippen LogP contribution in [-0.4, -0.2) is 41.3 Å². The van der Waals surface area contributed by atoms with Gasteiger partial charge in [0.2, 0.25) is 5.95 Å². The number of nitrogens with zero attached hydrogens (tertiary/aromatic N) is 5. The van der Waals surface area contributed by atoms with Gasteiger partial charge in [-0.2, -0.15) is 15.1 Å². The number of fused-ring (bicyclic) bond motifs is 1. The van der Waals surface area contributed by atoms with E-state index in [1.807, 2.05) is 4.68 Å². The van der Waals surface area contributed by atoms with Gasteiger partial charge >= 0.3 is 0 Å². The van der Waals surface area contributed by atoms with Gasteiger partial charge < -0.3 is 10.2 Å². The minimum atomic E-state index is -3.82. The number of nitrogens with one attached hydrogen (secondary N) is 2. The molecule has 4 aromatic rings. The summed E-state index contributed by atoms with van der Waals surface area (Å²) in [6.07, 6.45) is 4.91. The van der Waals surface area contributed by atoms with E-state index < -0.39 is 15.8 Å². The number of hydrogen-bond acceptors (Lipinski definition) is 7. The van der Waals surface area contributed by atoms with Crippen LogP contribution in [0.15, 0.2) is 59.6 Å². The van der Waals surface area contributed by atoms with Crippen molar-refractivity contribution >= 4 is 44.2 Å². The summed E-state index contributed by atoms with van der Waals surface area (Å²) >= 11 is 0. The Morgan fingerprint density at radius 2 is 1.66 bits per heavy atom. The molecule has 9 nitrogen and oxygen atoms in total. The Bertz CT molecular complexity index is 1430. The van der Waals surface area contributed by atoms with Crippen molar-refractivity contribution in [3.05, 3.63) is 60.5 Å². The third-order valence-electron chi connectivity index (χ3n) is 5.83. The fourth-order valence-corrected chi connectivity index (χ4v) is 5.12. The van der Waals surface area contributed by atoms with Crippen molar-refractivity contribution in [3.8, 4) is 0 Å². The van der Waals surface area contributed by atoms with Gasteiger partial charge in [0, 0.05) is 31.0 Å². The molecule has 1 aliphatic rings. The zero-order chi connectivity index (χ0) is 24.4. The molecule has 1 fully saturated rings. The number of sulfonamides is 1. The van der Waals surface area contributed by atoms with E-state index >= 15 is 0 Å². The molecule has 11 heteroatoms. The average molecular weight is 496 g/mol. The first-order chi connectivity index (χ1) is 16.9. The molecule has 3 heterocycles. The topological polar surface area (TPSA) is 105 Å². The van der Waals surface area contributed by atoms with Crippen LogP contribution in [0.1, 0.15) is 26.2 Å². The standard InChI is InChI=1S/C24H26FN7O2S/c1-2-13-32-23-21(16-26-32)22(28-24(29-23)31-14-3-4-15-31)27-18-9-11-20(12-10-18)35(33,34)30-19-7-5-17(25)6-8-19/h5-12,16,30H,2-4,13-15H2,1H3,(H,27,28,29). The van der Waals surface area contributed by atoms with E-state index in [1.165, 1.54) is 36.4 Å². The number of benzene rings is 2. The summed E-state index contributed by atoms with van der Waals surface area (Å²) < 4.78 is 42.9. The van der Waals surface area contributed by atoms with Crippen molar-refractivity contribution in [1.82, 2.24) is 19.7 Å². The number of rotatable bonds is 8. The smallest absolute Gasteiger partial charge is 0.261 e. The molecule has 0 radical (unpaired) electrons. The number of aromatic nitrogens is 4.